The summed E-state index contributed by atoms with van der Waals surface area (Å²) in [6, 6.07) is 0. The molecule has 0 unspecified atom stereocenters. The van der Waals surface area contributed by atoms with Crippen molar-refractivity contribution in [2.45, 2.75) is 32.6 Å². The molecule has 0 aromatic carbocycles. The van der Waals surface area contributed by atoms with Crippen molar-refractivity contribution in [1.82, 2.24) is 4.90 Å². The van der Waals surface area contributed by atoms with Gasteiger partial charge in [-0.3, -0.25) is 4.79 Å². The number of amides is 1. The van der Waals surface area contributed by atoms with E-state index in [4.69, 9.17) is 5.11 Å². The zero-order valence-corrected chi connectivity index (χ0v) is 8.38. The highest BCUT2D eigenvalue weighted by Crippen LogP contribution is 2.03. The Kier molecular flexibility index (Phi) is 7.28. The van der Waals surface area contributed by atoms with Crippen LogP contribution in [0.5, 0.6) is 0 Å². The smallest absolute Gasteiger partial charge is 0.255 e. The fourth-order valence-electron chi connectivity index (χ4n) is 1.09. The molecule has 0 bridgehead atoms. The van der Waals surface area contributed by atoms with E-state index in [-0.39, 0.29) is 25.5 Å². The summed E-state index contributed by atoms with van der Waals surface area (Å²) in [5.41, 5.74) is 0. The van der Waals surface area contributed by atoms with E-state index in [0.29, 0.717) is 6.42 Å². The number of halogens is 2. The molecule has 0 radical (unpaired) electrons. The average Bonchev–Trinajstić information content (AvgIpc) is 2.13. The first-order valence-electron chi connectivity index (χ1n) is 4.78. The molecule has 0 fully saturated rings. The van der Waals surface area contributed by atoms with E-state index in [9.17, 15) is 13.6 Å². The number of alkyl halides is 2. The Bertz CT molecular complexity index is 165. The maximum Gasteiger partial charge on any atom is 0.255 e. The van der Waals surface area contributed by atoms with Gasteiger partial charge in [0, 0.05) is 13.0 Å². The maximum absolute atomic E-state index is 12.0. The summed E-state index contributed by atoms with van der Waals surface area (Å²) in [4.78, 5) is 12.3. The van der Waals surface area contributed by atoms with Crippen LogP contribution in [0.2, 0.25) is 0 Å². The number of aliphatic hydroxyl groups excluding tert-OH is 1. The average molecular weight is 209 g/mol. The second-order valence-electron chi connectivity index (χ2n) is 3.06. The van der Waals surface area contributed by atoms with Crippen LogP contribution in [0.1, 0.15) is 26.2 Å². The highest BCUT2D eigenvalue weighted by molar-refractivity contribution is 5.76. The fraction of sp³-hybridized carbons (Fsp3) is 0.889. The minimum absolute atomic E-state index is 0.00706. The van der Waals surface area contributed by atoms with E-state index in [0.717, 1.165) is 11.3 Å². The van der Waals surface area contributed by atoms with Gasteiger partial charge in [-0.1, -0.05) is 13.3 Å². The number of aliphatic hydroxyl groups is 1. The number of nitrogens with zero attached hydrogens (tertiary/aromatic N) is 1. The Morgan fingerprint density at radius 1 is 1.50 bits per heavy atom. The van der Waals surface area contributed by atoms with Crippen molar-refractivity contribution in [3.8, 4) is 0 Å². The lowest BCUT2D eigenvalue weighted by Gasteiger charge is -2.21. The standard InChI is InChI=1S/C9H17F2NO2/c1-2-3-4-9(14)12(5-6-13)7-8(10)11/h8,13H,2-7H2,1H3. The molecule has 0 aliphatic rings. The molecule has 0 saturated heterocycles. The summed E-state index contributed by atoms with van der Waals surface area (Å²) >= 11 is 0. The molecule has 5 heteroatoms. The van der Waals surface area contributed by atoms with Crippen molar-refractivity contribution < 1.29 is 18.7 Å². The van der Waals surface area contributed by atoms with Gasteiger partial charge in [0.1, 0.15) is 0 Å². The van der Waals surface area contributed by atoms with Gasteiger partial charge in [0.25, 0.3) is 6.43 Å². The highest BCUT2D eigenvalue weighted by Gasteiger charge is 2.16. The van der Waals surface area contributed by atoms with Gasteiger partial charge in [-0.25, -0.2) is 8.78 Å². The number of rotatable bonds is 7. The lowest BCUT2D eigenvalue weighted by Crippen LogP contribution is -2.37. The number of hydrogen-bond acceptors (Lipinski definition) is 2. The van der Waals surface area contributed by atoms with Gasteiger partial charge in [0.15, 0.2) is 0 Å². The maximum atomic E-state index is 12.0. The molecule has 0 aromatic rings. The van der Waals surface area contributed by atoms with Crippen LogP contribution in [0.15, 0.2) is 0 Å². The first kappa shape index (κ1) is 13.3. The molecule has 0 rings (SSSR count). The lowest BCUT2D eigenvalue weighted by molar-refractivity contribution is -0.133. The normalized spacial score (nSPS) is 10.6. The zero-order valence-electron chi connectivity index (χ0n) is 8.38. The van der Waals surface area contributed by atoms with E-state index >= 15 is 0 Å². The molecule has 0 atom stereocenters. The molecular formula is C9H17F2NO2. The summed E-state index contributed by atoms with van der Waals surface area (Å²) in [5.74, 6) is -0.304. The van der Waals surface area contributed by atoms with Crippen LogP contribution in [0.4, 0.5) is 8.78 Å². The van der Waals surface area contributed by atoms with Crippen molar-refractivity contribution in [2.24, 2.45) is 0 Å². The number of carbonyl (C=O) groups excluding carboxylic acids is 1. The molecule has 14 heavy (non-hydrogen) atoms. The molecule has 0 heterocycles. The van der Waals surface area contributed by atoms with Crippen LogP contribution in [-0.4, -0.2) is 42.0 Å². The van der Waals surface area contributed by atoms with Crippen molar-refractivity contribution >= 4 is 5.91 Å². The van der Waals surface area contributed by atoms with Crippen LogP contribution >= 0.6 is 0 Å². The Labute approximate surface area is 82.7 Å². The molecular weight excluding hydrogens is 192 g/mol. The molecule has 84 valence electrons. The predicted molar refractivity (Wildman–Crippen MR) is 49.2 cm³/mol. The summed E-state index contributed by atoms with van der Waals surface area (Å²) in [5, 5.41) is 8.59. The van der Waals surface area contributed by atoms with Gasteiger partial charge in [-0.15, -0.1) is 0 Å². The zero-order chi connectivity index (χ0) is 11.0. The minimum Gasteiger partial charge on any atom is -0.395 e. The van der Waals surface area contributed by atoms with Gasteiger partial charge in [0.05, 0.1) is 13.2 Å². The topological polar surface area (TPSA) is 40.5 Å². The molecule has 0 aliphatic carbocycles. The lowest BCUT2D eigenvalue weighted by atomic mass is 10.2. The van der Waals surface area contributed by atoms with Gasteiger partial charge < -0.3 is 10.0 Å². The minimum atomic E-state index is -2.54. The quantitative estimate of drug-likeness (QED) is 0.685. The molecule has 0 saturated carbocycles. The van der Waals surface area contributed by atoms with Crippen LogP contribution < -0.4 is 0 Å². The van der Waals surface area contributed by atoms with Gasteiger partial charge in [-0.05, 0) is 6.42 Å². The van der Waals surface area contributed by atoms with E-state index in [1.54, 1.807) is 0 Å². The summed E-state index contributed by atoms with van der Waals surface area (Å²) < 4.78 is 24.0. The Hall–Kier alpha value is -0.710. The van der Waals surface area contributed by atoms with Gasteiger partial charge in [0.2, 0.25) is 5.91 Å². The molecule has 0 aliphatic heterocycles. The summed E-state index contributed by atoms with van der Waals surface area (Å²) in [7, 11) is 0. The van der Waals surface area contributed by atoms with Crippen LogP contribution in [0.3, 0.4) is 0 Å². The van der Waals surface area contributed by atoms with Gasteiger partial charge >= 0.3 is 0 Å². The van der Waals surface area contributed by atoms with Crippen LogP contribution in [-0.2, 0) is 4.79 Å². The van der Waals surface area contributed by atoms with Crippen molar-refractivity contribution in [3.05, 3.63) is 0 Å². The van der Waals surface area contributed by atoms with Crippen molar-refractivity contribution in [3.63, 3.8) is 0 Å². The molecule has 1 amide bonds. The molecule has 0 spiro atoms. The molecule has 1 N–H and O–H groups in total. The van der Waals surface area contributed by atoms with Crippen molar-refractivity contribution in [1.29, 1.82) is 0 Å². The predicted octanol–water partition coefficient (Wildman–Crippen LogP) is 1.26. The van der Waals surface area contributed by atoms with E-state index < -0.39 is 13.0 Å². The second kappa shape index (κ2) is 7.67. The third kappa shape index (κ3) is 5.85. The summed E-state index contributed by atoms with van der Waals surface area (Å²) in [6.07, 6.45) is -0.701. The number of unbranched alkanes of at least 4 members (excludes halogenated alkanes) is 1. The van der Waals surface area contributed by atoms with Gasteiger partial charge in [-0.2, -0.15) is 0 Å². The number of carbonyl (C=O) groups is 1. The Balaban J connectivity index is 3.97. The Morgan fingerprint density at radius 3 is 2.57 bits per heavy atom. The number of hydrogen-bond donors (Lipinski definition) is 1. The Morgan fingerprint density at radius 2 is 2.14 bits per heavy atom. The SMILES string of the molecule is CCCCC(=O)N(CCO)CC(F)F. The largest absolute Gasteiger partial charge is 0.395 e. The first-order valence-corrected chi connectivity index (χ1v) is 4.78. The van der Waals surface area contributed by atoms with Crippen molar-refractivity contribution in [2.75, 3.05) is 19.7 Å². The molecule has 0 aromatic heterocycles. The third-order valence-electron chi connectivity index (χ3n) is 1.83. The highest BCUT2D eigenvalue weighted by atomic mass is 19.3. The second-order valence-corrected chi connectivity index (χ2v) is 3.06. The van der Waals surface area contributed by atoms with E-state index in [1.165, 1.54) is 0 Å². The first-order chi connectivity index (χ1) is 6.61. The van der Waals surface area contributed by atoms with E-state index in [1.807, 2.05) is 6.92 Å². The van der Waals surface area contributed by atoms with Crippen LogP contribution in [0, 0.1) is 0 Å². The monoisotopic (exact) mass is 209 g/mol. The fourth-order valence-corrected chi connectivity index (χ4v) is 1.09. The van der Waals surface area contributed by atoms with E-state index in [2.05, 4.69) is 0 Å². The summed E-state index contributed by atoms with van der Waals surface area (Å²) in [6.45, 7) is 1.07. The molecule has 3 nitrogen and oxygen atoms in total. The third-order valence-corrected chi connectivity index (χ3v) is 1.83. The van der Waals surface area contributed by atoms with Crippen LogP contribution in [0.25, 0.3) is 0 Å².